The number of anilines is 1. The minimum atomic E-state index is -1.02. The van der Waals surface area contributed by atoms with Crippen molar-refractivity contribution in [1.82, 2.24) is 9.55 Å². The molecule has 7 heteroatoms. The number of fused-ring (bicyclic) bond motifs is 3. The number of carbonyl (C=O) groups excluding carboxylic acids is 2. The van der Waals surface area contributed by atoms with Crippen LogP contribution in [0.25, 0.3) is 11.0 Å². The Hall–Kier alpha value is -3.58. The lowest BCUT2D eigenvalue weighted by atomic mass is 9.89. The van der Waals surface area contributed by atoms with Crippen molar-refractivity contribution in [1.29, 1.82) is 0 Å². The van der Waals surface area contributed by atoms with Crippen molar-refractivity contribution >= 4 is 40.6 Å². The summed E-state index contributed by atoms with van der Waals surface area (Å²) in [5.41, 5.74) is 4.63. The van der Waals surface area contributed by atoms with E-state index in [1.807, 2.05) is 90.5 Å². The fourth-order valence-electron chi connectivity index (χ4n) is 4.68. The number of nitrogens with zero attached hydrogens (tertiary/aromatic N) is 3. The quantitative estimate of drug-likeness (QED) is 0.208. The molecule has 5 rings (SSSR count). The Morgan fingerprint density at radius 2 is 1.74 bits per heavy atom. The first-order valence-corrected chi connectivity index (χ1v) is 12.9. The maximum absolute atomic E-state index is 14.0. The number of thioether (sulfide) groups is 1. The molecule has 6 nitrogen and oxygen atoms in total. The van der Waals surface area contributed by atoms with E-state index in [0.29, 0.717) is 12.5 Å². The number of aryl methyl sites for hydroxylation is 1. The summed E-state index contributed by atoms with van der Waals surface area (Å²) in [7, 11) is 0. The summed E-state index contributed by atoms with van der Waals surface area (Å²) in [4.78, 5) is 34.9. The van der Waals surface area contributed by atoms with Crippen LogP contribution in [-0.2, 0) is 20.9 Å². The number of hydrogen-bond donors (Lipinski definition) is 0. The number of rotatable bonds is 6. The van der Waals surface area contributed by atoms with E-state index in [2.05, 4.69) is 0 Å². The van der Waals surface area contributed by atoms with Crippen LogP contribution in [0, 0.1) is 12.8 Å². The maximum atomic E-state index is 14.0. The van der Waals surface area contributed by atoms with Crippen molar-refractivity contribution in [2.24, 2.45) is 5.92 Å². The number of benzene rings is 3. The molecule has 0 bridgehead atoms. The van der Waals surface area contributed by atoms with Gasteiger partial charge in [0.25, 0.3) is 0 Å². The standard InChI is InChI=1S/C28H27N3O3S/c1-4-34-27(33)24-25(20-13-15-21(35-3)16-14-20)31-23-8-6-5-7-22(23)29-28(31)30(26(24)32)17-19-11-9-18(2)10-12-19/h5-16,24-25H,4,17H2,1-3H3/t24-,25+/m0/s1. The van der Waals surface area contributed by atoms with Gasteiger partial charge in [0.05, 0.1) is 30.2 Å². The number of aromatic nitrogens is 2. The summed E-state index contributed by atoms with van der Waals surface area (Å²) in [5, 5.41) is 0. The number of hydrogen-bond acceptors (Lipinski definition) is 5. The van der Waals surface area contributed by atoms with Crippen LogP contribution in [0.5, 0.6) is 0 Å². The fraction of sp³-hybridized carbons (Fsp3) is 0.250. The Kier molecular flexibility index (Phi) is 6.34. The monoisotopic (exact) mass is 485 g/mol. The summed E-state index contributed by atoms with van der Waals surface area (Å²) in [6.45, 7) is 4.31. The van der Waals surface area contributed by atoms with Gasteiger partial charge in [-0.1, -0.05) is 54.1 Å². The molecule has 1 amide bonds. The van der Waals surface area contributed by atoms with Crippen molar-refractivity contribution in [3.63, 3.8) is 0 Å². The van der Waals surface area contributed by atoms with E-state index >= 15 is 0 Å². The number of amides is 1. The number of carbonyl (C=O) groups is 2. The molecule has 0 unspecified atom stereocenters. The van der Waals surface area contributed by atoms with Crippen LogP contribution in [0.4, 0.5) is 5.95 Å². The van der Waals surface area contributed by atoms with Gasteiger partial charge in [0, 0.05) is 4.90 Å². The number of ether oxygens (including phenoxy) is 1. The van der Waals surface area contributed by atoms with Crippen molar-refractivity contribution in [2.45, 2.75) is 31.3 Å². The van der Waals surface area contributed by atoms with E-state index in [9.17, 15) is 9.59 Å². The van der Waals surface area contributed by atoms with Crippen molar-refractivity contribution in [3.05, 3.63) is 89.5 Å². The van der Waals surface area contributed by atoms with Crippen LogP contribution in [0.15, 0.2) is 77.7 Å². The van der Waals surface area contributed by atoms with Crippen molar-refractivity contribution in [2.75, 3.05) is 17.8 Å². The largest absolute Gasteiger partial charge is 0.465 e. The minimum absolute atomic E-state index is 0.205. The van der Waals surface area contributed by atoms with Gasteiger partial charge >= 0.3 is 5.97 Å². The molecular formula is C28H27N3O3S. The zero-order valence-electron chi connectivity index (χ0n) is 20.0. The van der Waals surface area contributed by atoms with E-state index < -0.39 is 17.9 Å². The lowest BCUT2D eigenvalue weighted by Gasteiger charge is -2.38. The molecule has 2 atom stereocenters. The molecule has 0 radical (unpaired) electrons. The third kappa shape index (κ3) is 4.21. The third-order valence-corrected chi connectivity index (χ3v) is 7.15. The molecule has 4 aromatic rings. The second-order valence-electron chi connectivity index (χ2n) is 8.63. The van der Waals surface area contributed by atoms with E-state index in [1.54, 1.807) is 23.6 Å². The maximum Gasteiger partial charge on any atom is 0.321 e. The zero-order chi connectivity index (χ0) is 24.5. The molecule has 0 saturated carbocycles. The highest BCUT2D eigenvalue weighted by Gasteiger charge is 2.47. The van der Waals surface area contributed by atoms with Gasteiger partial charge in [-0.05, 0) is 55.5 Å². The molecular weight excluding hydrogens is 458 g/mol. The van der Waals surface area contributed by atoms with Gasteiger partial charge in [-0.15, -0.1) is 11.8 Å². The zero-order valence-corrected chi connectivity index (χ0v) is 20.8. The minimum Gasteiger partial charge on any atom is -0.465 e. The summed E-state index contributed by atoms with van der Waals surface area (Å²) in [6.07, 6.45) is 2.02. The number of esters is 1. The molecule has 1 aliphatic rings. The van der Waals surface area contributed by atoms with Crippen molar-refractivity contribution < 1.29 is 14.3 Å². The number of imidazole rings is 1. The highest BCUT2D eigenvalue weighted by atomic mass is 32.2. The van der Waals surface area contributed by atoms with Gasteiger partial charge < -0.3 is 9.30 Å². The third-order valence-electron chi connectivity index (χ3n) is 6.40. The van der Waals surface area contributed by atoms with Gasteiger partial charge in [0.15, 0.2) is 5.92 Å². The van der Waals surface area contributed by atoms with Gasteiger partial charge in [0.1, 0.15) is 0 Å². The van der Waals surface area contributed by atoms with Gasteiger partial charge in [-0.2, -0.15) is 0 Å². The average molecular weight is 486 g/mol. The first-order valence-electron chi connectivity index (χ1n) is 11.7. The highest BCUT2D eigenvalue weighted by molar-refractivity contribution is 7.98. The normalized spacial score (nSPS) is 17.5. The molecule has 1 aliphatic heterocycles. The van der Waals surface area contributed by atoms with E-state index in [1.165, 1.54) is 0 Å². The van der Waals surface area contributed by atoms with Crippen LogP contribution in [0.3, 0.4) is 0 Å². The average Bonchev–Trinajstić information content (AvgIpc) is 3.26. The number of para-hydroxylation sites is 2. The first-order chi connectivity index (χ1) is 17.0. The van der Waals surface area contributed by atoms with Crippen LogP contribution < -0.4 is 4.90 Å². The molecule has 0 aliphatic carbocycles. The molecule has 0 N–H and O–H groups in total. The first kappa shape index (κ1) is 23.2. The Morgan fingerprint density at radius 1 is 1.03 bits per heavy atom. The predicted octanol–water partition coefficient (Wildman–Crippen LogP) is 5.38. The SMILES string of the molecule is CCOC(=O)[C@@H]1C(=O)N(Cc2ccc(C)cc2)c2nc3ccccc3n2[C@@H]1c1ccc(SC)cc1. The fourth-order valence-corrected chi connectivity index (χ4v) is 5.08. The molecule has 0 spiro atoms. The molecule has 1 aromatic heterocycles. The lowest BCUT2D eigenvalue weighted by Crippen LogP contribution is -2.49. The molecule has 3 aromatic carbocycles. The van der Waals surface area contributed by atoms with Gasteiger partial charge in [0.2, 0.25) is 11.9 Å². The topological polar surface area (TPSA) is 64.4 Å². The summed E-state index contributed by atoms with van der Waals surface area (Å²) in [5.74, 6) is -1.30. The smallest absolute Gasteiger partial charge is 0.321 e. The Bertz CT molecular complexity index is 1380. The predicted molar refractivity (Wildman–Crippen MR) is 139 cm³/mol. The van der Waals surface area contributed by atoms with Gasteiger partial charge in [-0.25, -0.2) is 4.98 Å². The molecule has 2 heterocycles. The van der Waals surface area contributed by atoms with Crippen LogP contribution in [0.1, 0.15) is 29.7 Å². The van der Waals surface area contributed by atoms with Crippen molar-refractivity contribution in [3.8, 4) is 0 Å². The lowest BCUT2D eigenvalue weighted by molar-refractivity contribution is -0.153. The van der Waals surface area contributed by atoms with E-state index in [0.717, 1.165) is 32.6 Å². The summed E-state index contributed by atoms with van der Waals surface area (Å²) in [6, 6.07) is 23.3. The Balaban J connectivity index is 1.72. The Morgan fingerprint density at radius 3 is 2.43 bits per heavy atom. The molecule has 35 heavy (non-hydrogen) atoms. The molecule has 0 saturated heterocycles. The van der Waals surface area contributed by atoms with Crippen LogP contribution in [0.2, 0.25) is 0 Å². The molecule has 0 fully saturated rings. The molecule has 178 valence electrons. The Labute approximate surface area is 208 Å². The summed E-state index contributed by atoms with van der Waals surface area (Å²) < 4.78 is 7.47. The van der Waals surface area contributed by atoms with Crippen LogP contribution in [-0.4, -0.2) is 34.3 Å². The van der Waals surface area contributed by atoms with E-state index in [-0.39, 0.29) is 12.5 Å². The second-order valence-corrected chi connectivity index (χ2v) is 9.51. The highest BCUT2D eigenvalue weighted by Crippen LogP contribution is 2.42. The van der Waals surface area contributed by atoms with Crippen LogP contribution >= 0.6 is 11.8 Å². The van der Waals surface area contributed by atoms with Gasteiger partial charge in [-0.3, -0.25) is 14.5 Å². The van der Waals surface area contributed by atoms with E-state index in [4.69, 9.17) is 9.72 Å². The summed E-state index contributed by atoms with van der Waals surface area (Å²) >= 11 is 1.65. The second kappa shape index (κ2) is 9.58.